The molecule has 5 nitrogen and oxygen atoms in total. The largest absolute Gasteiger partial charge is 0.454 e. The fraction of sp³-hybridized carbons (Fsp3) is 0.667. The molecular weight excluding hydrogens is 466 g/mol. The Hall–Kier alpha value is -1.78. The fourth-order valence-electron chi connectivity index (χ4n) is 7.65. The van der Waals surface area contributed by atoms with E-state index in [1.807, 2.05) is 0 Å². The zero-order valence-electron chi connectivity index (χ0n) is 22.9. The van der Waals surface area contributed by atoms with E-state index >= 15 is 0 Å². The highest BCUT2D eigenvalue weighted by Gasteiger charge is 2.54. The molecule has 1 aromatic rings. The topological polar surface area (TPSA) is 40.2 Å². The second-order valence-corrected chi connectivity index (χ2v) is 17.3. The molecule has 0 spiro atoms. The van der Waals surface area contributed by atoms with Gasteiger partial charge in [-0.05, 0) is 52.7 Å². The maximum Gasteiger partial charge on any atom is 0.231 e. The smallest absolute Gasteiger partial charge is 0.231 e. The molecule has 0 bridgehead atoms. The van der Waals surface area contributed by atoms with Crippen LogP contribution >= 0.6 is 0 Å². The van der Waals surface area contributed by atoms with Crippen LogP contribution in [0.3, 0.4) is 0 Å². The van der Waals surface area contributed by atoms with Crippen LogP contribution in [0, 0.1) is 12.3 Å². The van der Waals surface area contributed by atoms with Gasteiger partial charge in [0.2, 0.25) is 15.1 Å². The summed E-state index contributed by atoms with van der Waals surface area (Å²) in [6.07, 6.45) is 10.6. The Labute approximate surface area is 218 Å². The van der Waals surface area contributed by atoms with Crippen LogP contribution < -0.4 is 9.47 Å². The lowest BCUT2D eigenvalue weighted by atomic mass is 9.73. The lowest BCUT2D eigenvalue weighted by Crippen LogP contribution is -2.57. The van der Waals surface area contributed by atoms with E-state index in [1.54, 1.807) is 0 Å². The van der Waals surface area contributed by atoms with Crippen molar-refractivity contribution >= 4 is 8.32 Å². The van der Waals surface area contributed by atoms with Crippen molar-refractivity contribution < 1.29 is 18.6 Å². The van der Waals surface area contributed by atoms with Crippen LogP contribution in [0.25, 0.3) is 0 Å². The summed E-state index contributed by atoms with van der Waals surface area (Å²) in [6.45, 7) is 17.2. The second kappa shape index (κ2) is 10.2. The molecule has 4 atom stereocenters. The Kier molecular flexibility index (Phi) is 7.30. The van der Waals surface area contributed by atoms with Crippen molar-refractivity contribution in [2.24, 2.45) is 0 Å². The SMILES string of the molecule is C#CCCCO[C@H]1[C@H]2c3cc4c(cc3CN3CCC(=C[C@@H]1O[Si](C(C)C)(C(C)C)C(C)C)[C@H]23)OCO4. The van der Waals surface area contributed by atoms with Gasteiger partial charge in [-0.1, -0.05) is 53.2 Å². The summed E-state index contributed by atoms with van der Waals surface area (Å²) in [5, 5.41) is 0. The molecule has 1 saturated heterocycles. The second-order valence-electron chi connectivity index (χ2n) is 11.9. The van der Waals surface area contributed by atoms with E-state index in [2.05, 4.69) is 70.6 Å². The number of fused-ring (bicyclic) bond motifs is 3. The maximum atomic E-state index is 7.46. The monoisotopic (exact) mass is 509 g/mol. The Morgan fingerprint density at radius 3 is 2.44 bits per heavy atom. The van der Waals surface area contributed by atoms with Crippen LogP contribution in [0.1, 0.15) is 77.8 Å². The van der Waals surface area contributed by atoms with E-state index in [9.17, 15) is 0 Å². The highest BCUT2D eigenvalue weighted by molar-refractivity contribution is 6.77. The van der Waals surface area contributed by atoms with E-state index in [0.717, 1.165) is 43.9 Å². The first-order valence-electron chi connectivity index (χ1n) is 13.9. The minimum Gasteiger partial charge on any atom is -0.454 e. The van der Waals surface area contributed by atoms with Gasteiger partial charge in [-0.2, -0.15) is 0 Å². The predicted molar refractivity (Wildman–Crippen MR) is 146 cm³/mol. The number of hydrogen-bond donors (Lipinski definition) is 0. The lowest BCUT2D eigenvalue weighted by molar-refractivity contribution is -0.0509. The molecule has 0 radical (unpaired) electrons. The van der Waals surface area contributed by atoms with Gasteiger partial charge in [0.1, 0.15) is 0 Å². The molecule has 0 unspecified atom stereocenters. The molecule has 1 fully saturated rings. The molecule has 1 aliphatic carbocycles. The zero-order chi connectivity index (χ0) is 25.6. The Morgan fingerprint density at radius 1 is 1.08 bits per heavy atom. The quantitative estimate of drug-likeness (QED) is 0.167. The summed E-state index contributed by atoms with van der Waals surface area (Å²) >= 11 is 0. The first-order chi connectivity index (χ1) is 17.3. The maximum absolute atomic E-state index is 7.46. The minimum atomic E-state index is -2.12. The summed E-state index contributed by atoms with van der Waals surface area (Å²) in [7, 11) is -2.12. The molecule has 3 heterocycles. The Bertz CT molecular complexity index is 1020. The third-order valence-corrected chi connectivity index (χ3v) is 15.1. The van der Waals surface area contributed by atoms with E-state index in [1.165, 1.54) is 16.7 Å². The molecule has 6 heteroatoms. The average Bonchev–Trinajstić information content (AvgIpc) is 3.46. The number of rotatable bonds is 9. The van der Waals surface area contributed by atoms with Crippen LogP contribution in [-0.4, -0.2) is 51.4 Å². The molecular formula is C30H43NO4Si. The van der Waals surface area contributed by atoms with Gasteiger partial charge >= 0.3 is 0 Å². The Balaban J connectivity index is 1.58. The molecule has 0 saturated carbocycles. The molecule has 0 amide bonds. The first-order valence-corrected chi connectivity index (χ1v) is 16.0. The van der Waals surface area contributed by atoms with Crippen LogP contribution in [-0.2, 0) is 15.7 Å². The van der Waals surface area contributed by atoms with Crippen molar-refractivity contribution in [1.82, 2.24) is 4.90 Å². The van der Waals surface area contributed by atoms with Crippen LogP contribution in [0.15, 0.2) is 23.8 Å². The molecule has 1 aromatic carbocycles. The van der Waals surface area contributed by atoms with Crippen molar-refractivity contribution in [1.29, 1.82) is 0 Å². The summed E-state index contributed by atoms with van der Waals surface area (Å²) in [5.41, 5.74) is 5.75. The van der Waals surface area contributed by atoms with Gasteiger partial charge in [-0.25, -0.2) is 0 Å². The summed E-state index contributed by atoms with van der Waals surface area (Å²) in [6, 6.07) is 4.79. The molecule has 3 aliphatic heterocycles. The molecule has 0 N–H and O–H groups in total. The van der Waals surface area contributed by atoms with E-state index in [4.69, 9.17) is 25.1 Å². The summed E-state index contributed by atoms with van der Waals surface area (Å²) in [5.74, 6) is 4.70. The standard InChI is InChI=1S/C30H43NO4Si/c1-8-9-10-13-32-30-27(35-36(19(2)3,20(4)5)21(6)7)14-22-11-12-31-17-23-15-25-26(34-18-33-25)16-24(23)28(30)29(22)31/h1,14-16,19-21,27-30H,9-13,17-18H2,2-7H3/t27-,28-,29+,30+/m0/s1. The highest BCUT2D eigenvalue weighted by Crippen LogP contribution is 2.52. The van der Waals surface area contributed by atoms with Gasteiger partial charge in [-0.15, -0.1) is 12.3 Å². The van der Waals surface area contributed by atoms with Gasteiger partial charge in [0.15, 0.2) is 11.5 Å². The van der Waals surface area contributed by atoms with Gasteiger partial charge in [0, 0.05) is 38.1 Å². The molecule has 5 rings (SSSR count). The minimum absolute atomic E-state index is 0.0534. The van der Waals surface area contributed by atoms with Gasteiger partial charge in [-0.3, -0.25) is 4.90 Å². The van der Waals surface area contributed by atoms with Gasteiger partial charge in [0.05, 0.1) is 12.2 Å². The van der Waals surface area contributed by atoms with E-state index < -0.39 is 8.32 Å². The third-order valence-electron chi connectivity index (χ3n) is 9.05. The average molecular weight is 510 g/mol. The van der Waals surface area contributed by atoms with Crippen molar-refractivity contribution in [3.63, 3.8) is 0 Å². The molecule has 36 heavy (non-hydrogen) atoms. The number of terminal acetylenes is 1. The van der Waals surface area contributed by atoms with Crippen LogP contribution in [0.5, 0.6) is 11.5 Å². The van der Waals surface area contributed by atoms with Gasteiger partial charge in [0.25, 0.3) is 0 Å². The summed E-state index contributed by atoms with van der Waals surface area (Å²) in [4.78, 5) is 2.63. The van der Waals surface area contributed by atoms with Crippen molar-refractivity contribution in [3.05, 3.63) is 34.9 Å². The number of benzene rings is 1. The van der Waals surface area contributed by atoms with Crippen LogP contribution in [0.2, 0.25) is 16.6 Å². The van der Waals surface area contributed by atoms with Crippen molar-refractivity contribution in [3.8, 4) is 23.8 Å². The van der Waals surface area contributed by atoms with Crippen molar-refractivity contribution in [2.75, 3.05) is 19.9 Å². The van der Waals surface area contributed by atoms with E-state index in [-0.39, 0.29) is 18.1 Å². The number of nitrogens with zero attached hydrogens (tertiary/aromatic N) is 1. The molecule has 196 valence electrons. The van der Waals surface area contributed by atoms with Gasteiger partial charge < -0.3 is 18.6 Å². The predicted octanol–water partition coefficient (Wildman–Crippen LogP) is 6.39. The van der Waals surface area contributed by atoms with E-state index in [0.29, 0.717) is 36.1 Å². The zero-order valence-corrected chi connectivity index (χ0v) is 23.9. The Morgan fingerprint density at radius 2 is 1.78 bits per heavy atom. The number of unbranched alkanes of at least 4 members (excludes halogenated alkanes) is 1. The third kappa shape index (κ3) is 4.22. The highest BCUT2D eigenvalue weighted by atomic mass is 28.4. The fourth-order valence-corrected chi connectivity index (χ4v) is 13.1. The van der Waals surface area contributed by atoms with Crippen LogP contribution in [0.4, 0.5) is 0 Å². The number of hydrogen-bond acceptors (Lipinski definition) is 5. The lowest BCUT2D eigenvalue weighted by Gasteiger charge is -2.51. The van der Waals surface area contributed by atoms with Crippen molar-refractivity contribution in [2.45, 2.75) is 108 Å². The summed E-state index contributed by atoms with van der Waals surface area (Å²) < 4.78 is 25.8. The number of ether oxygens (including phenoxy) is 3. The first kappa shape index (κ1) is 25.8. The normalized spacial score (nSPS) is 26.8. The molecule has 4 aliphatic rings. The molecule has 0 aromatic heterocycles.